The molecule has 0 spiro atoms. The first-order chi connectivity index (χ1) is 10.9. The number of hydrogen-bond donors (Lipinski definition) is 1. The molecule has 10 heteroatoms. The van der Waals surface area contributed by atoms with Gasteiger partial charge in [-0.15, -0.1) is 5.10 Å². The Morgan fingerprint density at radius 1 is 1.35 bits per heavy atom. The van der Waals surface area contributed by atoms with Crippen molar-refractivity contribution in [2.24, 2.45) is 0 Å². The first kappa shape index (κ1) is 16.9. The molecular weight excluding hydrogens is 315 g/mol. The van der Waals surface area contributed by atoms with Crippen molar-refractivity contribution in [3.63, 3.8) is 0 Å². The average Bonchev–Trinajstić information content (AvgIpc) is 2.90. The maximum absolute atomic E-state index is 12.2. The predicted molar refractivity (Wildman–Crippen MR) is 71.9 cm³/mol. The van der Waals surface area contributed by atoms with Gasteiger partial charge in [-0.2, -0.15) is 13.2 Å². The topological polar surface area (TPSA) is 81.9 Å². The molecule has 2 aromatic rings. The SMILES string of the molecule is Cc1nnnn1C(Cc1ccccc1)C(=O)NOCC(F)(F)F. The van der Waals surface area contributed by atoms with E-state index in [-0.39, 0.29) is 6.42 Å². The molecule has 0 aliphatic rings. The van der Waals surface area contributed by atoms with Gasteiger partial charge >= 0.3 is 6.18 Å². The summed E-state index contributed by atoms with van der Waals surface area (Å²) < 4.78 is 37.5. The second-order valence-electron chi connectivity index (χ2n) is 4.75. The molecule has 0 radical (unpaired) electrons. The summed E-state index contributed by atoms with van der Waals surface area (Å²) in [5, 5.41) is 10.8. The first-order valence-electron chi connectivity index (χ1n) is 6.63. The van der Waals surface area contributed by atoms with Gasteiger partial charge in [0.1, 0.15) is 11.9 Å². The molecule has 2 rings (SSSR count). The number of hydroxylamine groups is 1. The van der Waals surface area contributed by atoms with Crippen LogP contribution >= 0.6 is 0 Å². The largest absolute Gasteiger partial charge is 0.414 e. The molecule has 1 N–H and O–H groups in total. The van der Waals surface area contributed by atoms with Gasteiger partial charge in [-0.3, -0.25) is 9.63 Å². The summed E-state index contributed by atoms with van der Waals surface area (Å²) in [6.45, 7) is 0.00717. The van der Waals surface area contributed by atoms with Crippen molar-refractivity contribution < 1.29 is 22.8 Å². The zero-order valence-corrected chi connectivity index (χ0v) is 12.1. The van der Waals surface area contributed by atoms with Crippen molar-refractivity contribution in [3.05, 3.63) is 41.7 Å². The number of alkyl halides is 3. The highest BCUT2D eigenvalue weighted by atomic mass is 19.4. The predicted octanol–water partition coefficient (Wildman–Crippen LogP) is 1.38. The number of nitrogens with one attached hydrogen (secondary N) is 1. The van der Waals surface area contributed by atoms with E-state index in [1.165, 1.54) is 4.68 Å². The minimum atomic E-state index is -4.53. The Kier molecular flexibility index (Phi) is 5.27. The lowest BCUT2D eigenvalue weighted by atomic mass is 10.1. The quantitative estimate of drug-likeness (QED) is 0.810. The number of nitrogens with zero attached hydrogens (tertiary/aromatic N) is 4. The van der Waals surface area contributed by atoms with E-state index in [9.17, 15) is 18.0 Å². The lowest BCUT2D eigenvalue weighted by Gasteiger charge is -2.17. The summed E-state index contributed by atoms with van der Waals surface area (Å²) in [6, 6.07) is 8.04. The van der Waals surface area contributed by atoms with Crippen LogP contribution in [0.4, 0.5) is 13.2 Å². The van der Waals surface area contributed by atoms with Crippen LogP contribution in [0.3, 0.4) is 0 Å². The fraction of sp³-hybridized carbons (Fsp3) is 0.385. The number of hydrogen-bond acceptors (Lipinski definition) is 5. The van der Waals surface area contributed by atoms with Crippen LogP contribution in [0.15, 0.2) is 30.3 Å². The fourth-order valence-electron chi connectivity index (χ4n) is 1.91. The van der Waals surface area contributed by atoms with Crippen LogP contribution in [0, 0.1) is 6.92 Å². The van der Waals surface area contributed by atoms with Crippen LogP contribution in [-0.2, 0) is 16.1 Å². The van der Waals surface area contributed by atoms with Crippen molar-refractivity contribution in [1.82, 2.24) is 25.7 Å². The molecule has 0 saturated heterocycles. The zero-order chi connectivity index (χ0) is 16.9. The molecule has 1 aromatic carbocycles. The minimum absolute atomic E-state index is 0.202. The molecule has 1 heterocycles. The van der Waals surface area contributed by atoms with Crippen LogP contribution in [0.25, 0.3) is 0 Å². The minimum Gasteiger partial charge on any atom is -0.270 e. The van der Waals surface area contributed by atoms with Gasteiger partial charge in [0, 0.05) is 6.42 Å². The third kappa shape index (κ3) is 5.02. The molecule has 0 aliphatic carbocycles. The first-order valence-corrected chi connectivity index (χ1v) is 6.63. The number of amides is 1. The number of tetrazole rings is 1. The second kappa shape index (κ2) is 7.18. The molecule has 1 amide bonds. The van der Waals surface area contributed by atoms with Crippen LogP contribution < -0.4 is 5.48 Å². The van der Waals surface area contributed by atoms with Crippen LogP contribution in [-0.4, -0.2) is 38.9 Å². The molecule has 23 heavy (non-hydrogen) atoms. The monoisotopic (exact) mass is 329 g/mol. The maximum Gasteiger partial charge on any atom is 0.414 e. The molecule has 0 saturated carbocycles. The molecule has 1 aromatic heterocycles. The Labute approximate surface area is 129 Å². The van der Waals surface area contributed by atoms with E-state index in [1.807, 2.05) is 6.07 Å². The summed E-state index contributed by atoms with van der Waals surface area (Å²) in [7, 11) is 0. The Balaban J connectivity index is 2.10. The Morgan fingerprint density at radius 2 is 2.04 bits per heavy atom. The molecule has 1 atom stereocenters. The number of halogens is 3. The van der Waals surface area contributed by atoms with Crippen molar-refractivity contribution >= 4 is 5.91 Å². The highest BCUT2D eigenvalue weighted by Crippen LogP contribution is 2.16. The van der Waals surface area contributed by atoms with E-state index in [2.05, 4.69) is 20.4 Å². The molecular formula is C13H14F3N5O2. The molecule has 124 valence electrons. The summed E-state index contributed by atoms with van der Waals surface area (Å²) >= 11 is 0. The molecule has 0 fully saturated rings. The Morgan fingerprint density at radius 3 is 2.61 bits per heavy atom. The van der Waals surface area contributed by atoms with Gasteiger partial charge in [0.2, 0.25) is 0 Å². The third-order valence-corrected chi connectivity index (χ3v) is 2.94. The number of carbonyl (C=O) groups excluding carboxylic acids is 1. The molecule has 0 bridgehead atoms. The van der Waals surface area contributed by atoms with E-state index in [4.69, 9.17) is 0 Å². The van der Waals surface area contributed by atoms with Gasteiger partial charge in [0.15, 0.2) is 6.61 Å². The van der Waals surface area contributed by atoms with Gasteiger partial charge in [0.05, 0.1) is 0 Å². The second-order valence-corrected chi connectivity index (χ2v) is 4.75. The lowest BCUT2D eigenvalue weighted by Crippen LogP contribution is -2.37. The van der Waals surface area contributed by atoms with E-state index < -0.39 is 24.7 Å². The number of rotatable bonds is 6. The van der Waals surface area contributed by atoms with E-state index >= 15 is 0 Å². The van der Waals surface area contributed by atoms with Crippen LogP contribution in [0.5, 0.6) is 0 Å². The summed E-state index contributed by atoms with van der Waals surface area (Å²) in [5.74, 6) is -0.412. The van der Waals surface area contributed by atoms with Crippen molar-refractivity contribution in [1.29, 1.82) is 0 Å². The number of benzene rings is 1. The highest BCUT2D eigenvalue weighted by Gasteiger charge is 2.30. The highest BCUT2D eigenvalue weighted by molar-refractivity contribution is 5.79. The van der Waals surface area contributed by atoms with Crippen molar-refractivity contribution in [2.75, 3.05) is 6.61 Å². The smallest absolute Gasteiger partial charge is 0.270 e. The average molecular weight is 329 g/mol. The summed E-state index contributed by atoms with van der Waals surface area (Å²) in [4.78, 5) is 16.4. The standard InChI is InChI=1S/C13H14F3N5O2/c1-9-17-19-20-21(9)11(7-10-5-3-2-4-6-10)12(22)18-23-8-13(14,15)16/h2-6,11H,7-8H2,1H3,(H,18,22). The molecule has 1 unspecified atom stereocenters. The molecule has 0 aliphatic heterocycles. The van der Waals surface area contributed by atoms with Gasteiger partial charge in [0.25, 0.3) is 5.91 Å². The zero-order valence-electron chi connectivity index (χ0n) is 12.1. The third-order valence-electron chi connectivity index (χ3n) is 2.94. The normalized spacial score (nSPS) is 12.9. The van der Waals surface area contributed by atoms with Crippen molar-refractivity contribution in [3.8, 4) is 0 Å². The Bertz CT molecular complexity index is 645. The van der Waals surface area contributed by atoms with Gasteiger partial charge in [-0.1, -0.05) is 30.3 Å². The van der Waals surface area contributed by atoms with Gasteiger partial charge < -0.3 is 0 Å². The van der Waals surface area contributed by atoms with Gasteiger partial charge in [-0.25, -0.2) is 10.2 Å². The van der Waals surface area contributed by atoms with Gasteiger partial charge in [-0.05, 0) is 22.9 Å². The lowest BCUT2D eigenvalue weighted by molar-refractivity contribution is -0.192. The number of carbonyl (C=O) groups is 1. The van der Waals surface area contributed by atoms with E-state index in [0.29, 0.717) is 5.82 Å². The summed E-state index contributed by atoms with van der Waals surface area (Å²) in [6.07, 6.45) is -4.33. The van der Waals surface area contributed by atoms with Crippen LogP contribution in [0.1, 0.15) is 17.4 Å². The van der Waals surface area contributed by atoms with E-state index in [1.54, 1.807) is 36.7 Å². The maximum atomic E-state index is 12.2. The Hall–Kier alpha value is -2.49. The molecule has 7 nitrogen and oxygen atoms in total. The van der Waals surface area contributed by atoms with E-state index in [0.717, 1.165) is 5.56 Å². The number of aromatic nitrogens is 4. The fourth-order valence-corrected chi connectivity index (χ4v) is 1.91. The van der Waals surface area contributed by atoms with Crippen molar-refractivity contribution in [2.45, 2.75) is 25.6 Å². The summed E-state index contributed by atoms with van der Waals surface area (Å²) in [5.41, 5.74) is 2.60. The number of aryl methyl sites for hydroxylation is 1. The van der Waals surface area contributed by atoms with Crippen LogP contribution in [0.2, 0.25) is 0 Å².